The first-order valence-corrected chi connectivity index (χ1v) is 12.5. The predicted octanol–water partition coefficient (Wildman–Crippen LogP) is 6.26. The van der Waals surface area contributed by atoms with Crippen molar-refractivity contribution in [3.8, 4) is 5.82 Å². The number of aryl methyl sites for hydroxylation is 1. The van der Waals surface area contributed by atoms with E-state index in [1.807, 2.05) is 0 Å². The van der Waals surface area contributed by atoms with Crippen molar-refractivity contribution in [1.82, 2.24) is 19.5 Å². The van der Waals surface area contributed by atoms with Gasteiger partial charge in [0, 0.05) is 19.2 Å². The molecule has 3 heterocycles. The molecule has 1 aliphatic heterocycles. The molecule has 6 nitrogen and oxygen atoms in total. The first kappa shape index (κ1) is 24.5. The lowest BCUT2D eigenvalue weighted by Gasteiger charge is -2.28. The van der Waals surface area contributed by atoms with Crippen LogP contribution in [0.4, 0.5) is 14.6 Å². The molecule has 0 spiro atoms. The molecule has 0 amide bonds. The summed E-state index contributed by atoms with van der Waals surface area (Å²) in [5, 5.41) is 0. The van der Waals surface area contributed by atoms with Gasteiger partial charge in [0.25, 0.3) is 6.43 Å². The van der Waals surface area contributed by atoms with Crippen molar-refractivity contribution in [2.75, 3.05) is 31.2 Å². The van der Waals surface area contributed by atoms with Gasteiger partial charge in [-0.1, -0.05) is 64.0 Å². The zero-order chi connectivity index (χ0) is 23.9. The number of alkyl halides is 2. The van der Waals surface area contributed by atoms with Gasteiger partial charge in [-0.3, -0.25) is 4.57 Å². The van der Waals surface area contributed by atoms with Crippen LogP contribution >= 0.6 is 0 Å². The fourth-order valence-corrected chi connectivity index (χ4v) is 4.92. The number of nitrogens with zero attached hydrogens (tertiary/aromatic N) is 5. The quantitative estimate of drug-likeness (QED) is 0.439. The fraction of sp³-hybridized carbons (Fsp3) is 0.577. The third kappa shape index (κ3) is 5.90. The number of rotatable bonds is 5. The molecule has 3 aromatic rings. The number of morpholine rings is 1. The Morgan fingerprint density at radius 1 is 1.00 bits per heavy atom. The van der Waals surface area contributed by atoms with Crippen LogP contribution in [-0.2, 0) is 4.74 Å². The van der Waals surface area contributed by atoms with Crippen LogP contribution in [0.25, 0.3) is 16.9 Å². The van der Waals surface area contributed by atoms with Crippen molar-refractivity contribution >= 4 is 16.9 Å². The molecule has 1 aromatic carbocycles. The van der Waals surface area contributed by atoms with Crippen LogP contribution in [0, 0.1) is 12.8 Å². The van der Waals surface area contributed by atoms with E-state index >= 15 is 0 Å². The van der Waals surface area contributed by atoms with Crippen molar-refractivity contribution < 1.29 is 13.5 Å². The molecule has 0 atom stereocenters. The molecule has 5 rings (SSSR count). The lowest BCUT2D eigenvalue weighted by atomic mass is 9.86. The van der Waals surface area contributed by atoms with E-state index in [1.165, 1.54) is 49.5 Å². The number of imidazole rings is 1. The highest BCUT2D eigenvalue weighted by Gasteiger charge is 2.22. The van der Waals surface area contributed by atoms with Crippen LogP contribution in [0.2, 0.25) is 0 Å². The van der Waals surface area contributed by atoms with Gasteiger partial charge >= 0.3 is 0 Å². The maximum atomic E-state index is 13.6. The summed E-state index contributed by atoms with van der Waals surface area (Å²) in [5.74, 6) is 2.43. The average Bonchev–Trinajstić information content (AvgIpc) is 3.26. The summed E-state index contributed by atoms with van der Waals surface area (Å²) in [5.41, 5.74) is 1.12. The van der Waals surface area contributed by atoms with E-state index in [0.717, 1.165) is 5.92 Å². The highest BCUT2D eigenvalue weighted by molar-refractivity contribution is 5.78. The maximum absolute atomic E-state index is 13.6. The molecule has 2 fully saturated rings. The van der Waals surface area contributed by atoms with E-state index in [0.29, 0.717) is 54.8 Å². The topological polar surface area (TPSA) is 56.1 Å². The summed E-state index contributed by atoms with van der Waals surface area (Å²) < 4.78 is 33.9. The number of hydrogen-bond donors (Lipinski definition) is 0. The molecule has 1 aliphatic carbocycles. The normalized spacial score (nSPS) is 17.1. The molecule has 0 unspecified atom stereocenters. The lowest BCUT2D eigenvalue weighted by Crippen LogP contribution is -2.37. The van der Waals surface area contributed by atoms with Gasteiger partial charge in [0.2, 0.25) is 0 Å². The summed E-state index contributed by atoms with van der Waals surface area (Å²) in [4.78, 5) is 15.0. The van der Waals surface area contributed by atoms with E-state index in [4.69, 9.17) is 4.74 Å². The number of hydrogen-bond acceptors (Lipinski definition) is 5. The van der Waals surface area contributed by atoms with E-state index < -0.39 is 6.43 Å². The summed E-state index contributed by atoms with van der Waals surface area (Å²) >= 11 is 0. The molecule has 2 aromatic heterocycles. The Morgan fingerprint density at radius 2 is 1.71 bits per heavy atom. The first-order chi connectivity index (χ1) is 16.6. The number of fused-ring (bicyclic) bond motifs is 1. The molecular formula is C26H35F2N5O. The number of halogens is 2. The van der Waals surface area contributed by atoms with Crippen molar-refractivity contribution in [3.05, 3.63) is 42.0 Å². The van der Waals surface area contributed by atoms with Crippen molar-refractivity contribution in [2.24, 2.45) is 5.92 Å². The van der Waals surface area contributed by atoms with Gasteiger partial charge in [0.1, 0.15) is 17.5 Å². The second kappa shape index (κ2) is 11.7. The summed E-state index contributed by atoms with van der Waals surface area (Å²) in [7, 11) is 0. The van der Waals surface area contributed by atoms with Gasteiger partial charge in [0.05, 0.1) is 24.2 Å². The SMILES string of the molecule is CCCC1CCCCC1.Cc1nc(N2CCOCC2)cc(-n2c(C(F)F)nc3ccccc32)n1. The van der Waals surface area contributed by atoms with Gasteiger partial charge in [0.15, 0.2) is 5.82 Å². The lowest BCUT2D eigenvalue weighted by molar-refractivity contribution is 0.122. The van der Waals surface area contributed by atoms with Crippen molar-refractivity contribution in [1.29, 1.82) is 0 Å². The molecular weight excluding hydrogens is 436 g/mol. The minimum atomic E-state index is -2.70. The Morgan fingerprint density at radius 3 is 2.41 bits per heavy atom. The highest BCUT2D eigenvalue weighted by atomic mass is 19.3. The van der Waals surface area contributed by atoms with E-state index in [9.17, 15) is 8.78 Å². The number of ether oxygens (including phenoxy) is 1. The molecule has 8 heteroatoms. The predicted molar refractivity (Wildman–Crippen MR) is 131 cm³/mol. The van der Waals surface area contributed by atoms with Crippen LogP contribution < -0.4 is 4.90 Å². The van der Waals surface area contributed by atoms with Crippen molar-refractivity contribution in [2.45, 2.75) is 65.2 Å². The van der Waals surface area contributed by atoms with Gasteiger partial charge in [-0.25, -0.2) is 23.7 Å². The monoisotopic (exact) mass is 471 g/mol. The summed E-state index contributed by atoms with van der Waals surface area (Å²) in [6.45, 7) is 6.72. The maximum Gasteiger partial charge on any atom is 0.296 e. The van der Waals surface area contributed by atoms with Gasteiger partial charge in [-0.05, 0) is 25.0 Å². The summed E-state index contributed by atoms with van der Waals surface area (Å²) in [6.07, 6.45) is 7.73. The second-order valence-corrected chi connectivity index (χ2v) is 9.12. The third-order valence-electron chi connectivity index (χ3n) is 6.58. The zero-order valence-electron chi connectivity index (χ0n) is 20.2. The number of para-hydroxylation sites is 2. The standard InChI is InChI=1S/C17H17F2N5O.C9H18/c1-11-20-14(23-6-8-25-9-7-23)10-15(21-11)24-13-5-3-2-4-12(13)22-17(24)16(18)19;1-2-6-9-7-4-3-5-8-9/h2-5,10,16H,6-9H2,1H3;9H,2-8H2,1H3. The molecule has 184 valence electrons. The van der Waals surface area contributed by atoms with Crippen LogP contribution in [0.1, 0.15) is 69.9 Å². The zero-order valence-corrected chi connectivity index (χ0v) is 20.2. The van der Waals surface area contributed by atoms with Crippen LogP contribution in [0.5, 0.6) is 0 Å². The van der Waals surface area contributed by atoms with Gasteiger partial charge in [-0.15, -0.1) is 0 Å². The van der Waals surface area contributed by atoms with Crippen LogP contribution in [-0.4, -0.2) is 45.8 Å². The molecule has 0 bridgehead atoms. The van der Waals surface area contributed by atoms with E-state index in [1.54, 1.807) is 37.3 Å². The first-order valence-electron chi connectivity index (χ1n) is 12.5. The molecule has 34 heavy (non-hydrogen) atoms. The molecule has 2 aliphatic rings. The Hall–Kier alpha value is -2.61. The van der Waals surface area contributed by atoms with E-state index in [-0.39, 0.29) is 5.82 Å². The van der Waals surface area contributed by atoms with Crippen LogP contribution in [0.3, 0.4) is 0 Å². The minimum Gasteiger partial charge on any atom is -0.378 e. The number of anilines is 1. The molecule has 0 radical (unpaired) electrons. The number of benzene rings is 1. The van der Waals surface area contributed by atoms with Crippen LogP contribution in [0.15, 0.2) is 30.3 Å². The number of aromatic nitrogens is 4. The molecule has 1 saturated heterocycles. The van der Waals surface area contributed by atoms with Gasteiger partial charge in [-0.2, -0.15) is 0 Å². The van der Waals surface area contributed by atoms with Crippen molar-refractivity contribution in [3.63, 3.8) is 0 Å². The second-order valence-electron chi connectivity index (χ2n) is 9.12. The highest BCUT2D eigenvalue weighted by Crippen LogP contribution is 2.29. The smallest absolute Gasteiger partial charge is 0.296 e. The average molecular weight is 472 g/mol. The van der Waals surface area contributed by atoms with Gasteiger partial charge < -0.3 is 9.64 Å². The Labute approximate surface area is 200 Å². The Bertz CT molecular complexity index is 1060. The third-order valence-corrected chi connectivity index (χ3v) is 6.58. The largest absolute Gasteiger partial charge is 0.378 e. The Balaban J connectivity index is 0.000000257. The summed E-state index contributed by atoms with van der Waals surface area (Å²) in [6, 6.07) is 8.79. The fourth-order valence-electron chi connectivity index (χ4n) is 4.92. The molecule has 1 saturated carbocycles. The Kier molecular flexibility index (Phi) is 8.43. The van der Waals surface area contributed by atoms with E-state index in [2.05, 4.69) is 26.8 Å². The molecule has 0 N–H and O–H groups in total. The minimum absolute atomic E-state index is 0.313.